The zero-order valence-corrected chi connectivity index (χ0v) is 11.0. The molecule has 0 aliphatic carbocycles. The summed E-state index contributed by atoms with van der Waals surface area (Å²) in [4.78, 5) is 13.6. The zero-order valence-electron chi connectivity index (χ0n) is 11.0. The number of benzene rings is 1. The monoisotopic (exact) mass is 259 g/mol. The smallest absolute Gasteiger partial charge is 0.268 e. The molecule has 0 aliphatic heterocycles. The van der Waals surface area contributed by atoms with E-state index in [9.17, 15) is 4.79 Å². The van der Waals surface area contributed by atoms with Gasteiger partial charge in [-0.2, -0.15) is 0 Å². The molecule has 0 saturated carbocycles. The van der Waals surface area contributed by atoms with Crippen LogP contribution in [0.2, 0.25) is 0 Å². The summed E-state index contributed by atoms with van der Waals surface area (Å²) in [5.41, 5.74) is 4.84. The predicted molar refractivity (Wildman–Crippen MR) is 73.6 cm³/mol. The Kier molecular flexibility index (Phi) is 3.87. The van der Waals surface area contributed by atoms with E-state index in [-0.39, 0.29) is 5.91 Å². The van der Waals surface area contributed by atoms with Gasteiger partial charge >= 0.3 is 0 Å². The molecule has 19 heavy (non-hydrogen) atoms. The van der Waals surface area contributed by atoms with E-state index in [4.69, 9.17) is 10.3 Å². The summed E-state index contributed by atoms with van der Waals surface area (Å²) >= 11 is 0. The second-order valence-electron chi connectivity index (χ2n) is 4.37. The zero-order chi connectivity index (χ0) is 13.8. The van der Waals surface area contributed by atoms with Gasteiger partial charge in [0.25, 0.3) is 5.91 Å². The van der Waals surface area contributed by atoms with E-state index in [1.165, 1.54) is 11.8 Å². The molecule has 5 heteroatoms. The topological polar surface area (TPSA) is 71.5 Å². The van der Waals surface area contributed by atoms with E-state index in [1.807, 2.05) is 43.1 Å². The Bertz CT molecular complexity index is 578. The average molecular weight is 259 g/mol. The summed E-state index contributed by atoms with van der Waals surface area (Å²) in [7, 11) is 1.95. The third-order valence-electron chi connectivity index (χ3n) is 3.03. The highest BCUT2D eigenvalue weighted by Gasteiger charge is 2.15. The summed E-state index contributed by atoms with van der Waals surface area (Å²) < 4.78 is 5.36. The van der Waals surface area contributed by atoms with Crippen molar-refractivity contribution in [3.63, 3.8) is 0 Å². The Morgan fingerprint density at radius 2 is 2.11 bits per heavy atom. The highest BCUT2D eigenvalue weighted by atomic mass is 16.3. The van der Waals surface area contributed by atoms with Crippen LogP contribution in [-0.4, -0.2) is 13.0 Å². The van der Waals surface area contributed by atoms with Crippen LogP contribution in [0.1, 0.15) is 21.7 Å². The molecule has 100 valence electrons. The lowest BCUT2D eigenvalue weighted by molar-refractivity contribution is 0.0951. The molecule has 1 aromatic heterocycles. The Balaban J connectivity index is 2.20. The van der Waals surface area contributed by atoms with Crippen LogP contribution in [-0.2, 0) is 6.54 Å². The Hall–Kier alpha value is -2.27. The molecule has 0 unspecified atom stereocenters. The first kappa shape index (κ1) is 13.2. The van der Waals surface area contributed by atoms with Crippen LogP contribution < -0.4 is 16.2 Å². The fourth-order valence-corrected chi connectivity index (χ4v) is 2.04. The first-order valence-electron chi connectivity index (χ1n) is 5.97. The highest BCUT2D eigenvalue weighted by molar-refractivity contribution is 5.94. The first-order chi connectivity index (χ1) is 9.13. The van der Waals surface area contributed by atoms with Crippen molar-refractivity contribution in [3.05, 3.63) is 53.5 Å². The minimum absolute atomic E-state index is 0.345. The maximum Gasteiger partial charge on any atom is 0.268 e. The van der Waals surface area contributed by atoms with Crippen LogP contribution in [0.15, 0.2) is 41.0 Å². The summed E-state index contributed by atoms with van der Waals surface area (Å²) in [6, 6.07) is 9.66. The van der Waals surface area contributed by atoms with Gasteiger partial charge in [-0.05, 0) is 24.6 Å². The minimum atomic E-state index is -0.345. The third kappa shape index (κ3) is 2.77. The van der Waals surface area contributed by atoms with E-state index < -0.39 is 0 Å². The second-order valence-corrected chi connectivity index (χ2v) is 4.37. The van der Waals surface area contributed by atoms with Gasteiger partial charge in [0.1, 0.15) is 5.76 Å². The van der Waals surface area contributed by atoms with Crippen LogP contribution >= 0.6 is 0 Å². The lowest BCUT2D eigenvalue weighted by Crippen LogP contribution is -2.31. The molecule has 0 bridgehead atoms. The van der Waals surface area contributed by atoms with Gasteiger partial charge in [-0.3, -0.25) is 10.2 Å². The molecule has 5 nitrogen and oxygen atoms in total. The molecule has 2 rings (SSSR count). The third-order valence-corrected chi connectivity index (χ3v) is 3.03. The molecule has 0 atom stereocenters. The molecule has 0 saturated heterocycles. The number of aryl methyl sites for hydroxylation is 1. The number of nitrogens with two attached hydrogens (primary N) is 1. The van der Waals surface area contributed by atoms with Crippen molar-refractivity contribution in [1.29, 1.82) is 0 Å². The summed E-state index contributed by atoms with van der Waals surface area (Å²) in [6.07, 6.45) is 1.49. The number of anilines is 1. The predicted octanol–water partition coefficient (Wildman–Crippen LogP) is 1.83. The molecule has 0 radical (unpaired) electrons. The fraction of sp³-hybridized carbons (Fsp3) is 0.214. The Morgan fingerprint density at radius 3 is 2.79 bits per heavy atom. The molecule has 2 aromatic rings. The van der Waals surface area contributed by atoms with Crippen LogP contribution in [0.5, 0.6) is 0 Å². The van der Waals surface area contributed by atoms with E-state index in [2.05, 4.69) is 5.43 Å². The number of carbonyl (C=O) groups excluding carboxylic acids is 1. The van der Waals surface area contributed by atoms with Gasteiger partial charge in [-0.15, -0.1) is 0 Å². The number of rotatable bonds is 4. The summed E-state index contributed by atoms with van der Waals surface area (Å²) in [5.74, 6) is 5.39. The van der Waals surface area contributed by atoms with Gasteiger partial charge in [0, 0.05) is 12.7 Å². The molecular weight excluding hydrogens is 242 g/mol. The number of nitrogen functional groups attached to an aromatic ring is 1. The first-order valence-corrected chi connectivity index (χ1v) is 5.97. The van der Waals surface area contributed by atoms with Crippen molar-refractivity contribution in [3.8, 4) is 0 Å². The number of hydrogen-bond donors (Lipinski definition) is 2. The summed E-state index contributed by atoms with van der Waals surface area (Å²) in [6.45, 7) is 2.54. The van der Waals surface area contributed by atoms with Crippen LogP contribution in [0.4, 0.5) is 5.69 Å². The van der Waals surface area contributed by atoms with Gasteiger partial charge in [0.15, 0.2) is 0 Å². The van der Waals surface area contributed by atoms with E-state index in [0.717, 1.165) is 5.69 Å². The van der Waals surface area contributed by atoms with E-state index in [0.29, 0.717) is 17.9 Å². The molecule has 0 fully saturated rings. The molecule has 3 N–H and O–H groups in total. The average Bonchev–Trinajstić information content (AvgIpc) is 2.86. The number of nitrogens with one attached hydrogen (secondary N) is 1. The molecule has 1 aromatic carbocycles. The van der Waals surface area contributed by atoms with Crippen LogP contribution in [0.25, 0.3) is 0 Å². The number of amides is 1. The summed E-state index contributed by atoms with van der Waals surface area (Å²) in [5, 5.41) is 0. The maximum atomic E-state index is 11.6. The molecule has 0 spiro atoms. The largest absolute Gasteiger partial charge is 0.467 e. The molecule has 1 heterocycles. The van der Waals surface area contributed by atoms with Crippen molar-refractivity contribution in [2.45, 2.75) is 13.5 Å². The quantitative estimate of drug-likeness (QED) is 0.499. The second kappa shape index (κ2) is 5.58. The number of carbonyl (C=O) groups is 1. The van der Waals surface area contributed by atoms with Gasteiger partial charge in [0.2, 0.25) is 0 Å². The van der Waals surface area contributed by atoms with Crippen molar-refractivity contribution in [2.75, 3.05) is 11.9 Å². The number of para-hydroxylation sites is 1. The van der Waals surface area contributed by atoms with E-state index >= 15 is 0 Å². The lowest BCUT2D eigenvalue weighted by atomic mass is 10.1. The number of nitrogens with zero attached hydrogens (tertiary/aromatic N) is 1. The molecular formula is C14H17N3O2. The van der Waals surface area contributed by atoms with Gasteiger partial charge < -0.3 is 9.32 Å². The van der Waals surface area contributed by atoms with Crippen molar-refractivity contribution in [1.82, 2.24) is 5.43 Å². The van der Waals surface area contributed by atoms with Gasteiger partial charge in [-0.25, -0.2) is 5.84 Å². The van der Waals surface area contributed by atoms with Gasteiger partial charge in [0.05, 0.1) is 18.4 Å². The normalized spacial score (nSPS) is 10.3. The highest BCUT2D eigenvalue weighted by Crippen LogP contribution is 2.21. The standard InChI is InChI=1S/C14H17N3O2/c1-10-5-3-4-6-12(10)17(2)9-13-11(7-8-19-13)14(18)16-15/h3-8H,9,15H2,1-2H3,(H,16,18). The lowest BCUT2D eigenvalue weighted by Gasteiger charge is -2.20. The molecule has 0 aliphatic rings. The fourth-order valence-electron chi connectivity index (χ4n) is 2.04. The Morgan fingerprint density at radius 1 is 1.37 bits per heavy atom. The number of furan rings is 1. The van der Waals surface area contributed by atoms with Crippen molar-refractivity contribution < 1.29 is 9.21 Å². The van der Waals surface area contributed by atoms with Gasteiger partial charge in [-0.1, -0.05) is 18.2 Å². The van der Waals surface area contributed by atoms with Crippen molar-refractivity contribution >= 4 is 11.6 Å². The Labute approximate surface area is 112 Å². The number of hydrogen-bond acceptors (Lipinski definition) is 4. The van der Waals surface area contributed by atoms with Crippen molar-refractivity contribution in [2.24, 2.45) is 5.84 Å². The minimum Gasteiger partial charge on any atom is -0.467 e. The van der Waals surface area contributed by atoms with Crippen LogP contribution in [0, 0.1) is 6.92 Å². The van der Waals surface area contributed by atoms with E-state index in [1.54, 1.807) is 6.07 Å². The van der Waals surface area contributed by atoms with Crippen LogP contribution in [0.3, 0.4) is 0 Å². The SMILES string of the molecule is Cc1ccccc1N(C)Cc1occc1C(=O)NN. The number of hydrazine groups is 1. The maximum absolute atomic E-state index is 11.6. The molecule has 1 amide bonds.